The van der Waals surface area contributed by atoms with Gasteiger partial charge in [0.1, 0.15) is 5.82 Å². The molecule has 0 aliphatic heterocycles. The molecule has 0 unspecified atom stereocenters. The van der Waals surface area contributed by atoms with E-state index < -0.39 is 11.6 Å². The lowest BCUT2D eigenvalue weighted by Gasteiger charge is -2.09. The fourth-order valence-corrected chi connectivity index (χ4v) is 1.18. The lowest BCUT2D eigenvalue weighted by atomic mass is 10.3. The van der Waals surface area contributed by atoms with Crippen LogP contribution in [-0.2, 0) is 0 Å². The fourth-order valence-electron chi connectivity index (χ4n) is 0.838. The van der Waals surface area contributed by atoms with Crippen molar-refractivity contribution in [3.05, 3.63) is 28.8 Å². The quantitative estimate of drug-likeness (QED) is 0.733. The van der Waals surface area contributed by atoms with Crippen molar-refractivity contribution in [1.82, 2.24) is 5.32 Å². The van der Waals surface area contributed by atoms with E-state index in [1.807, 2.05) is 0 Å². The lowest BCUT2D eigenvalue weighted by Crippen LogP contribution is -2.24. The van der Waals surface area contributed by atoms with Crippen molar-refractivity contribution in [2.75, 3.05) is 12.4 Å². The molecule has 0 saturated heterocycles. The Labute approximate surface area is 90.3 Å². The summed E-state index contributed by atoms with van der Waals surface area (Å²) in [5.74, 6) is -1.51. The van der Waals surface area contributed by atoms with Crippen LogP contribution < -0.4 is 10.6 Å². The van der Waals surface area contributed by atoms with Gasteiger partial charge < -0.3 is 10.6 Å². The third kappa shape index (κ3) is 2.52. The Morgan fingerprint density at radius 3 is 2.57 bits per heavy atom. The van der Waals surface area contributed by atoms with E-state index in [2.05, 4.69) is 10.6 Å². The average Bonchev–Trinajstić information content (AvgIpc) is 2.10. The van der Waals surface area contributed by atoms with E-state index >= 15 is 0 Å². The van der Waals surface area contributed by atoms with Crippen LogP contribution in [0.25, 0.3) is 0 Å². The molecule has 0 aromatic heterocycles. The molecule has 0 radical (unpaired) electrons. The Bertz CT molecular complexity index is 347. The summed E-state index contributed by atoms with van der Waals surface area (Å²) in [4.78, 5) is 0. The summed E-state index contributed by atoms with van der Waals surface area (Å²) in [5, 5.41) is 5.24. The van der Waals surface area contributed by atoms with E-state index in [0.29, 0.717) is 0 Å². The van der Waals surface area contributed by atoms with E-state index in [1.54, 1.807) is 7.05 Å². The second-order valence-corrected chi connectivity index (χ2v) is 3.26. The van der Waals surface area contributed by atoms with Crippen molar-refractivity contribution >= 4 is 34.6 Å². The summed E-state index contributed by atoms with van der Waals surface area (Å²) in [6.07, 6.45) is 0. The van der Waals surface area contributed by atoms with Crippen LogP contribution in [0, 0.1) is 11.6 Å². The number of nitrogens with one attached hydrogen (secondary N) is 2. The molecular weight excluding hydrogens is 230 g/mol. The van der Waals surface area contributed by atoms with Gasteiger partial charge in [0.25, 0.3) is 0 Å². The topological polar surface area (TPSA) is 24.1 Å². The molecule has 0 aliphatic rings. The first-order chi connectivity index (χ1) is 6.54. The van der Waals surface area contributed by atoms with Crippen LogP contribution in [0.3, 0.4) is 0 Å². The molecule has 1 aromatic rings. The van der Waals surface area contributed by atoms with E-state index in [1.165, 1.54) is 0 Å². The molecule has 0 fully saturated rings. The number of benzene rings is 1. The molecular formula is C8H7ClF2N2S. The summed E-state index contributed by atoms with van der Waals surface area (Å²) < 4.78 is 25.8. The zero-order chi connectivity index (χ0) is 10.7. The monoisotopic (exact) mass is 236 g/mol. The number of halogens is 3. The highest BCUT2D eigenvalue weighted by Gasteiger charge is 2.10. The number of thiocarbonyl (C=S) groups is 1. The van der Waals surface area contributed by atoms with Gasteiger partial charge in [0, 0.05) is 13.1 Å². The molecule has 76 valence electrons. The summed E-state index contributed by atoms with van der Waals surface area (Å²) in [6, 6.07) is 1.73. The summed E-state index contributed by atoms with van der Waals surface area (Å²) in [6.45, 7) is 0. The maximum atomic E-state index is 13.1. The molecule has 2 N–H and O–H groups in total. The standard InChI is InChI=1S/C8H7ClF2N2S/c1-12-8(14)13-7-5(9)2-4(10)3-6(7)11/h2-3H,1H3,(H2,12,13,14). The van der Waals surface area contributed by atoms with Crippen LogP contribution in [0.4, 0.5) is 14.5 Å². The Morgan fingerprint density at radius 2 is 2.07 bits per heavy atom. The van der Waals surface area contributed by atoms with Crippen molar-refractivity contribution in [2.24, 2.45) is 0 Å². The van der Waals surface area contributed by atoms with Crippen molar-refractivity contribution in [3.8, 4) is 0 Å². The zero-order valence-electron chi connectivity index (χ0n) is 7.20. The minimum Gasteiger partial charge on any atom is -0.366 e. The fraction of sp³-hybridized carbons (Fsp3) is 0.125. The molecule has 0 aliphatic carbocycles. The van der Waals surface area contributed by atoms with Gasteiger partial charge >= 0.3 is 0 Å². The van der Waals surface area contributed by atoms with Crippen molar-refractivity contribution in [1.29, 1.82) is 0 Å². The van der Waals surface area contributed by atoms with Crippen LogP contribution >= 0.6 is 23.8 Å². The predicted molar refractivity (Wildman–Crippen MR) is 56.6 cm³/mol. The molecule has 0 amide bonds. The molecule has 0 bridgehead atoms. The van der Waals surface area contributed by atoms with E-state index in [4.69, 9.17) is 23.8 Å². The number of hydrogen-bond acceptors (Lipinski definition) is 1. The SMILES string of the molecule is CNC(=S)Nc1c(F)cc(F)cc1Cl. The van der Waals surface area contributed by atoms with Crippen LogP contribution in [0.2, 0.25) is 5.02 Å². The van der Waals surface area contributed by atoms with Crippen LogP contribution in [0.15, 0.2) is 12.1 Å². The maximum absolute atomic E-state index is 13.1. The molecule has 2 nitrogen and oxygen atoms in total. The molecule has 6 heteroatoms. The minimum atomic E-state index is -0.785. The van der Waals surface area contributed by atoms with Crippen LogP contribution in [0.1, 0.15) is 0 Å². The van der Waals surface area contributed by atoms with Gasteiger partial charge in [-0.2, -0.15) is 0 Å². The second kappa shape index (κ2) is 4.52. The highest BCUT2D eigenvalue weighted by molar-refractivity contribution is 7.80. The van der Waals surface area contributed by atoms with Crippen molar-refractivity contribution in [3.63, 3.8) is 0 Å². The smallest absolute Gasteiger partial charge is 0.170 e. The molecule has 1 aromatic carbocycles. The summed E-state index contributed by atoms with van der Waals surface area (Å²) in [7, 11) is 1.57. The van der Waals surface area contributed by atoms with Gasteiger partial charge in [-0.3, -0.25) is 0 Å². The predicted octanol–water partition coefficient (Wildman–Crippen LogP) is 2.53. The van der Waals surface area contributed by atoms with E-state index in [-0.39, 0.29) is 15.8 Å². The first kappa shape index (κ1) is 11.1. The highest BCUT2D eigenvalue weighted by Crippen LogP contribution is 2.26. The third-order valence-corrected chi connectivity index (χ3v) is 2.08. The number of rotatable bonds is 1. The third-order valence-electron chi connectivity index (χ3n) is 1.47. The van der Waals surface area contributed by atoms with Gasteiger partial charge in [-0.1, -0.05) is 11.6 Å². The summed E-state index contributed by atoms with van der Waals surface area (Å²) >= 11 is 10.4. The van der Waals surface area contributed by atoms with Crippen molar-refractivity contribution < 1.29 is 8.78 Å². The average molecular weight is 237 g/mol. The normalized spacial score (nSPS) is 9.71. The van der Waals surface area contributed by atoms with Gasteiger partial charge in [0.15, 0.2) is 10.9 Å². The van der Waals surface area contributed by atoms with Gasteiger partial charge in [-0.05, 0) is 18.3 Å². The first-order valence-corrected chi connectivity index (χ1v) is 4.46. The van der Waals surface area contributed by atoms with E-state index in [9.17, 15) is 8.78 Å². The molecule has 0 saturated carbocycles. The van der Waals surface area contributed by atoms with Gasteiger partial charge in [0.2, 0.25) is 0 Å². The van der Waals surface area contributed by atoms with E-state index in [0.717, 1.165) is 12.1 Å². The van der Waals surface area contributed by atoms with Crippen LogP contribution in [-0.4, -0.2) is 12.2 Å². The Morgan fingerprint density at radius 1 is 1.43 bits per heavy atom. The molecule has 1 rings (SSSR count). The maximum Gasteiger partial charge on any atom is 0.170 e. The largest absolute Gasteiger partial charge is 0.366 e. The molecule has 14 heavy (non-hydrogen) atoms. The van der Waals surface area contributed by atoms with Crippen LogP contribution in [0.5, 0.6) is 0 Å². The molecule has 0 atom stereocenters. The number of anilines is 1. The zero-order valence-corrected chi connectivity index (χ0v) is 8.77. The van der Waals surface area contributed by atoms with Gasteiger partial charge in [0.05, 0.1) is 10.7 Å². The Hall–Kier alpha value is -0.940. The lowest BCUT2D eigenvalue weighted by molar-refractivity contribution is 0.586. The first-order valence-electron chi connectivity index (χ1n) is 3.68. The van der Waals surface area contributed by atoms with Gasteiger partial charge in [-0.25, -0.2) is 8.78 Å². The second-order valence-electron chi connectivity index (χ2n) is 2.45. The molecule has 0 spiro atoms. The van der Waals surface area contributed by atoms with Gasteiger partial charge in [-0.15, -0.1) is 0 Å². The summed E-state index contributed by atoms with van der Waals surface area (Å²) in [5.41, 5.74) is -0.0348. The minimum absolute atomic E-state index is 0.0348. The van der Waals surface area contributed by atoms with Crippen molar-refractivity contribution in [2.45, 2.75) is 0 Å². The number of hydrogen-bond donors (Lipinski definition) is 2. The molecule has 0 heterocycles. The highest BCUT2D eigenvalue weighted by atomic mass is 35.5. The Kier molecular flexibility index (Phi) is 3.60. The Balaban J connectivity index is 3.02.